The molecule has 1 aliphatic rings. The number of carbonyl (C=O) groups excluding carboxylic acids is 3. The molecule has 0 aliphatic carbocycles. The molecule has 2 heterocycles. The van der Waals surface area contributed by atoms with Crippen LogP contribution in [0.3, 0.4) is 0 Å². The lowest BCUT2D eigenvalue weighted by atomic mass is 10.1. The van der Waals surface area contributed by atoms with E-state index < -0.39 is 17.8 Å². The Bertz CT molecular complexity index is 1670. The topological polar surface area (TPSA) is 92.7 Å². The second-order valence-corrected chi connectivity index (χ2v) is 10.9. The summed E-state index contributed by atoms with van der Waals surface area (Å²) in [5.74, 6) is -0.229. The number of amides is 4. The molecule has 0 bridgehead atoms. The Morgan fingerprint density at radius 3 is 2.43 bits per heavy atom. The van der Waals surface area contributed by atoms with Gasteiger partial charge in [0.25, 0.3) is 5.91 Å². The number of urea groups is 1. The van der Waals surface area contributed by atoms with Gasteiger partial charge in [0.1, 0.15) is 24.6 Å². The minimum atomic E-state index is -0.627. The highest BCUT2D eigenvalue weighted by Gasteiger charge is 2.35. The van der Waals surface area contributed by atoms with Crippen LogP contribution in [0.25, 0.3) is 11.8 Å². The highest BCUT2D eigenvalue weighted by Crippen LogP contribution is 2.26. The maximum Gasteiger partial charge on any atom is 0.329 e. The van der Waals surface area contributed by atoms with Gasteiger partial charge >= 0.3 is 6.03 Å². The summed E-state index contributed by atoms with van der Waals surface area (Å²) in [5.41, 5.74) is 6.44. The lowest BCUT2D eigenvalue weighted by Crippen LogP contribution is -2.38. The summed E-state index contributed by atoms with van der Waals surface area (Å²) in [7, 11) is 0. The molecule has 2 N–H and O–H groups in total. The molecule has 1 saturated heterocycles. The van der Waals surface area contributed by atoms with Gasteiger partial charge in [-0.3, -0.25) is 9.59 Å². The van der Waals surface area contributed by atoms with E-state index in [-0.39, 0.29) is 12.2 Å². The van der Waals surface area contributed by atoms with Crippen LogP contribution in [0, 0.1) is 13.8 Å². The predicted molar refractivity (Wildman–Crippen MR) is 166 cm³/mol. The second-order valence-electron chi connectivity index (χ2n) is 10.0. The summed E-state index contributed by atoms with van der Waals surface area (Å²) in [6.07, 6.45) is 2.40. The van der Waals surface area contributed by atoms with Gasteiger partial charge in [0.15, 0.2) is 0 Å². The Kier molecular flexibility index (Phi) is 8.59. The Labute approximate surface area is 253 Å². The van der Waals surface area contributed by atoms with E-state index >= 15 is 0 Å². The van der Waals surface area contributed by atoms with Crippen molar-refractivity contribution < 1.29 is 19.1 Å². The van der Waals surface area contributed by atoms with Gasteiger partial charge in [0.2, 0.25) is 5.91 Å². The standard InChI is InChI=1S/C33H31BrN4O4/c1-4-24-7-5-6-8-29(24)35-31(39)19-37-32(40)30(36-33(37)41)18-25-17-21(2)38(22(25)3)27-13-15-28(16-14-27)42-20-23-9-11-26(34)12-10-23/h5-18H,4,19-20H2,1-3H3,(H,35,39)(H,36,41)/b30-18+. The van der Waals surface area contributed by atoms with E-state index in [4.69, 9.17) is 4.74 Å². The monoisotopic (exact) mass is 626 g/mol. The molecule has 1 fully saturated rings. The van der Waals surface area contributed by atoms with Crippen molar-refractivity contribution in [1.29, 1.82) is 0 Å². The molecule has 0 unspecified atom stereocenters. The van der Waals surface area contributed by atoms with Crippen molar-refractivity contribution in [2.75, 3.05) is 11.9 Å². The van der Waals surface area contributed by atoms with Crippen LogP contribution in [0.2, 0.25) is 0 Å². The molecule has 0 atom stereocenters. The largest absolute Gasteiger partial charge is 0.489 e. The maximum atomic E-state index is 13.1. The Morgan fingerprint density at radius 2 is 1.71 bits per heavy atom. The molecule has 8 nitrogen and oxygen atoms in total. The van der Waals surface area contributed by atoms with E-state index in [2.05, 4.69) is 31.1 Å². The number of carbonyl (C=O) groups is 3. The summed E-state index contributed by atoms with van der Waals surface area (Å²) < 4.78 is 9.03. The molecule has 42 heavy (non-hydrogen) atoms. The van der Waals surface area contributed by atoms with E-state index in [9.17, 15) is 14.4 Å². The van der Waals surface area contributed by atoms with Crippen molar-refractivity contribution in [2.45, 2.75) is 33.8 Å². The average molecular weight is 628 g/mol. The molecule has 0 saturated carbocycles. The van der Waals surface area contributed by atoms with Gasteiger partial charge in [-0.15, -0.1) is 0 Å². The van der Waals surface area contributed by atoms with E-state index in [0.29, 0.717) is 12.3 Å². The number of hydrogen-bond donors (Lipinski definition) is 2. The number of hydrogen-bond acceptors (Lipinski definition) is 4. The number of halogens is 1. The van der Waals surface area contributed by atoms with Crippen LogP contribution >= 0.6 is 15.9 Å². The van der Waals surface area contributed by atoms with Crippen LogP contribution in [0.5, 0.6) is 5.75 Å². The summed E-state index contributed by atoms with van der Waals surface area (Å²) in [4.78, 5) is 39.3. The number of nitrogens with one attached hydrogen (secondary N) is 2. The minimum absolute atomic E-state index is 0.124. The molecule has 5 rings (SSSR count). The number of para-hydroxylation sites is 1. The molecular formula is C33H31BrN4O4. The van der Waals surface area contributed by atoms with E-state index in [0.717, 1.165) is 55.3 Å². The highest BCUT2D eigenvalue weighted by atomic mass is 79.9. The molecule has 214 valence electrons. The summed E-state index contributed by atoms with van der Waals surface area (Å²) in [6, 6.07) is 24.6. The summed E-state index contributed by atoms with van der Waals surface area (Å²) >= 11 is 3.44. The number of nitrogens with zero attached hydrogens (tertiary/aromatic N) is 2. The number of imide groups is 1. The minimum Gasteiger partial charge on any atom is -0.489 e. The van der Waals surface area contributed by atoms with Crippen LogP contribution in [0.15, 0.2) is 89.0 Å². The Hall–Kier alpha value is -4.63. The first-order valence-corrected chi connectivity index (χ1v) is 14.4. The molecule has 1 aromatic heterocycles. The first kappa shape index (κ1) is 28.9. The molecule has 3 aromatic carbocycles. The fraction of sp³-hybridized carbons (Fsp3) is 0.182. The molecule has 4 amide bonds. The zero-order chi connectivity index (χ0) is 29.8. The third kappa shape index (κ3) is 6.31. The van der Waals surface area contributed by atoms with Crippen molar-refractivity contribution in [2.24, 2.45) is 0 Å². The highest BCUT2D eigenvalue weighted by molar-refractivity contribution is 9.10. The van der Waals surface area contributed by atoms with Gasteiger partial charge < -0.3 is 19.9 Å². The van der Waals surface area contributed by atoms with Crippen molar-refractivity contribution in [3.63, 3.8) is 0 Å². The molecule has 0 spiro atoms. The molecule has 9 heteroatoms. The Morgan fingerprint density at radius 1 is 1.00 bits per heavy atom. The normalized spacial score (nSPS) is 13.9. The lowest BCUT2D eigenvalue weighted by Gasteiger charge is -2.13. The summed E-state index contributed by atoms with van der Waals surface area (Å²) in [5, 5.41) is 5.43. The molecule has 0 radical (unpaired) electrons. The van der Waals surface area contributed by atoms with Gasteiger partial charge in [-0.05, 0) is 91.6 Å². The number of ether oxygens (including phenoxy) is 1. The fourth-order valence-corrected chi connectivity index (χ4v) is 5.19. The van der Waals surface area contributed by atoms with Gasteiger partial charge in [-0.25, -0.2) is 9.69 Å². The van der Waals surface area contributed by atoms with Gasteiger partial charge in [-0.1, -0.05) is 53.2 Å². The first-order chi connectivity index (χ1) is 20.2. The Balaban J connectivity index is 1.27. The van der Waals surface area contributed by atoms with Crippen LogP contribution in [0.1, 0.15) is 35.0 Å². The smallest absolute Gasteiger partial charge is 0.329 e. The van der Waals surface area contributed by atoms with E-state index in [1.165, 1.54) is 0 Å². The number of benzene rings is 3. The molecule has 1 aliphatic heterocycles. The average Bonchev–Trinajstić information content (AvgIpc) is 3.41. The van der Waals surface area contributed by atoms with E-state index in [1.54, 1.807) is 12.1 Å². The fourth-order valence-electron chi connectivity index (χ4n) is 4.92. The first-order valence-electron chi connectivity index (χ1n) is 13.6. The summed E-state index contributed by atoms with van der Waals surface area (Å²) in [6.45, 7) is 6.01. The molecule has 4 aromatic rings. The lowest BCUT2D eigenvalue weighted by molar-refractivity contribution is -0.127. The van der Waals surface area contributed by atoms with Crippen molar-refractivity contribution in [3.8, 4) is 11.4 Å². The SMILES string of the molecule is CCc1ccccc1NC(=O)CN1C(=O)N/C(=C/c2cc(C)n(-c3ccc(OCc4ccc(Br)cc4)cc3)c2C)C1=O. The van der Waals surface area contributed by atoms with Crippen molar-refractivity contribution >= 4 is 45.5 Å². The quantitative estimate of drug-likeness (QED) is 0.163. The van der Waals surface area contributed by atoms with Crippen LogP contribution in [-0.2, 0) is 22.6 Å². The predicted octanol–water partition coefficient (Wildman–Crippen LogP) is 6.53. The van der Waals surface area contributed by atoms with Crippen LogP contribution in [-0.4, -0.2) is 33.9 Å². The molecular weight excluding hydrogens is 596 g/mol. The third-order valence-electron chi connectivity index (χ3n) is 7.12. The van der Waals surface area contributed by atoms with Crippen molar-refractivity contribution in [3.05, 3.63) is 117 Å². The third-order valence-corrected chi connectivity index (χ3v) is 7.65. The number of anilines is 1. The van der Waals surface area contributed by atoms with Crippen LogP contribution < -0.4 is 15.4 Å². The van der Waals surface area contributed by atoms with Gasteiger partial charge in [-0.2, -0.15) is 0 Å². The second kappa shape index (κ2) is 12.5. The number of aryl methyl sites for hydroxylation is 2. The number of aromatic nitrogens is 1. The maximum absolute atomic E-state index is 13.1. The van der Waals surface area contributed by atoms with Crippen molar-refractivity contribution in [1.82, 2.24) is 14.8 Å². The zero-order valence-electron chi connectivity index (χ0n) is 23.6. The van der Waals surface area contributed by atoms with Crippen LogP contribution in [0.4, 0.5) is 10.5 Å². The number of rotatable bonds is 9. The van der Waals surface area contributed by atoms with Gasteiger partial charge in [0, 0.05) is 27.2 Å². The van der Waals surface area contributed by atoms with E-state index in [1.807, 2.05) is 93.6 Å². The van der Waals surface area contributed by atoms with Gasteiger partial charge in [0.05, 0.1) is 0 Å². The zero-order valence-corrected chi connectivity index (χ0v) is 25.2.